The molecule has 1 fully saturated rings. The summed E-state index contributed by atoms with van der Waals surface area (Å²) in [5.74, 6) is 0. The van der Waals surface area contributed by atoms with Crippen molar-refractivity contribution in [2.24, 2.45) is 0 Å². The van der Waals surface area contributed by atoms with Crippen molar-refractivity contribution in [2.75, 3.05) is 19.6 Å². The number of aldehydes is 1. The SMILES string of the molecule is CCCC(C=O)(CCN1CCCC1)c1cccc2ccccc12. The number of carbonyl (C=O) groups is 1. The van der Waals surface area contributed by atoms with Gasteiger partial charge in [0.05, 0.1) is 5.41 Å². The fourth-order valence-electron chi connectivity index (χ4n) is 4.05. The zero-order valence-electron chi connectivity index (χ0n) is 14.1. The van der Waals surface area contributed by atoms with E-state index in [4.69, 9.17) is 0 Å². The van der Waals surface area contributed by atoms with Crippen molar-refractivity contribution in [1.82, 2.24) is 4.90 Å². The van der Waals surface area contributed by atoms with Gasteiger partial charge < -0.3 is 9.69 Å². The minimum atomic E-state index is -0.349. The van der Waals surface area contributed by atoms with Gasteiger partial charge in [-0.15, -0.1) is 0 Å². The highest BCUT2D eigenvalue weighted by molar-refractivity contribution is 5.90. The Kier molecular flexibility index (Phi) is 5.12. The summed E-state index contributed by atoms with van der Waals surface area (Å²) in [6.45, 7) is 5.59. The van der Waals surface area contributed by atoms with Crippen LogP contribution in [0.3, 0.4) is 0 Å². The van der Waals surface area contributed by atoms with E-state index < -0.39 is 0 Å². The van der Waals surface area contributed by atoms with Gasteiger partial charge in [0, 0.05) is 0 Å². The first-order chi connectivity index (χ1) is 11.3. The quantitative estimate of drug-likeness (QED) is 0.699. The minimum absolute atomic E-state index is 0.349. The molecule has 1 aliphatic rings. The smallest absolute Gasteiger partial charge is 0.130 e. The Morgan fingerprint density at radius 2 is 1.78 bits per heavy atom. The lowest BCUT2D eigenvalue weighted by Crippen LogP contribution is -2.34. The predicted octanol–water partition coefficient (Wildman–Crippen LogP) is 4.56. The number of carbonyl (C=O) groups excluding carboxylic acids is 1. The van der Waals surface area contributed by atoms with Crippen LogP contribution in [-0.2, 0) is 10.2 Å². The molecule has 0 spiro atoms. The first-order valence-electron chi connectivity index (χ1n) is 8.96. The third kappa shape index (κ3) is 3.32. The topological polar surface area (TPSA) is 20.3 Å². The largest absolute Gasteiger partial charge is 0.303 e. The Labute approximate surface area is 139 Å². The summed E-state index contributed by atoms with van der Waals surface area (Å²) in [4.78, 5) is 14.8. The molecule has 2 heteroatoms. The van der Waals surface area contributed by atoms with Crippen molar-refractivity contribution in [3.8, 4) is 0 Å². The molecular weight excluding hydrogens is 282 g/mol. The number of fused-ring (bicyclic) bond motifs is 1. The van der Waals surface area contributed by atoms with Crippen molar-refractivity contribution in [3.63, 3.8) is 0 Å². The van der Waals surface area contributed by atoms with E-state index in [1.165, 1.54) is 48.6 Å². The van der Waals surface area contributed by atoms with E-state index >= 15 is 0 Å². The zero-order chi connectivity index (χ0) is 16.1. The summed E-state index contributed by atoms with van der Waals surface area (Å²) in [5, 5.41) is 2.46. The van der Waals surface area contributed by atoms with E-state index in [0.717, 1.165) is 25.8 Å². The van der Waals surface area contributed by atoms with Gasteiger partial charge in [-0.3, -0.25) is 0 Å². The van der Waals surface area contributed by atoms with Crippen LogP contribution in [0.2, 0.25) is 0 Å². The second-order valence-corrected chi connectivity index (χ2v) is 6.85. The highest BCUT2D eigenvalue weighted by Gasteiger charge is 2.33. The molecule has 1 heterocycles. The van der Waals surface area contributed by atoms with Crippen LogP contribution < -0.4 is 0 Å². The number of benzene rings is 2. The summed E-state index contributed by atoms with van der Waals surface area (Å²) >= 11 is 0. The first-order valence-corrected chi connectivity index (χ1v) is 8.96. The van der Waals surface area contributed by atoms with Crippen LogP contribution in [-0.4, -0.2) is 30.8 Å². The van der Waals surface area contributed by atoms with Gasteiger partial charge in [0.25, 0.3) is 0 Å². The van der Waals surface area contributed by atoms with E-state index in [2.05, 4.69) is 54.3 Å². The second kappa shape index (κ2) is 7.27. The van der Waals surface area contributed by atoms with Gasteiger partial charge in [-0.2, -0.15) is 0 Å². The molecule has 0 amide bonds. The molecule has 2 nitrogen and oxygen atoms in total. The highest BCUT2D eigenvalue weighted by atomic mass is 16.1. The Balaban J connectivity index is 1.97. The summed E-state index contributed by atoms with van der Waals surface area (Å²) in [5.41, 5.74) is 0.865. The van der Waals surface area contributed by atoms with Crippen LogP contribution in [0.4, 0.5) is 0 Å². The molecule has 0 aromatic heterocycles. The van der Waals surface area contributed by atoms with Crippen LogP contribution in [0.1, 0.15) is 44.6 Å². The second-order valence-electron chi connectivity index (χ2n) is 6.85. The summed E-state index contributed by atoms with van der Waals surface area (Å²) in [6.07, 6.45) is 6.72. The normalized spacial score (nSPS) is 18.1. The number of hydrogen-bond donors (Lipinski definition) is 0. The summed E-state index contributed by atoms with van der Waals surface area (Å²) in [7, 11) is 0. The molecule has 0 aliphatic carbocycles. The Morgan fingerprint density at radius 1 is 1.04 bits per heavy atom. The lowest BCUT2D eigenvalue weighted by Gasteiger charge is -2.31. The number of hydrogen-bond acceptors (Lipinski definition) is 2. The Morgan fingerprint density at radius 3 is 2.52 bits per heavy atom. The first kappa shape index (κ1) is 16.2. The molecule has 1 atom stereocenters. The fourth-order valence-corrected chi connectivity index (χ4v) is 4.05. The van der Waals surface area contributed by atoms with Crippen LogP contribution in [0.5, 0.6) is 0 Å². The monoisotopic (exact) mass is 309 g/mol. The van der Waals surface area contributed by atoms with Crippen molar-refractivity contribution >= 4 is 17.1 Å². The number of nitrogens with zero attached hydrogens (tertiary/aromatic N) is 1. The highest BCUT2D eigenvalue weighted by Crippen LogP contribution is 2.36. The average molecular weight is 309 g/mol. The van der Waals surface area contributed by atoms with Crippen LogP contribution in [0, 0.1) is 0 Å². The van der Waals surface area contributed by atoms with Crippen molar-refractivity contribution < 1.29 is 4.79 Å². The predicted molar refractivity (Wildman–Crippen MR) is 96.9 cm³/mol. The fraction of sp³-hybridized carbons (Fsp3) is 0.476. The molecule has 0 radical (unpaired) electrons. The molecule has 1 saturated heterocycles. The minimum Gasteiger partial charge on any atom is -0.303 e. The van der Waals surface area contributed by atoms with Gasteiger partial charge >= 0.3 is 0 Å². The van der Waals surface area contributed by atoms with E-state index in [0.29, 0.717) is 0 Å². The molecule has 23 heavy (non-hydrogen) atoms. The standard InChI is InChI=1S/C21H27NO/c1-2-12-21(17-23,13-16-22-14-5-6-15-22)20-11-7-9-18-8-3-4-10-19(18)20/h3-4,7-11,17H,2,5-6,12-16H2,1H3. The third-order valence-corrected chi connectivity index (χ3v) is 5.32. The van der Waals surface area contributed by atoms with E-state index in [-0.39, 0.29) is 5.41 Å². The lowest BCUT2D eigenvalue weighted by atomic mass is 9.73. The van der Waals surface area contributed by atoms with Crippen molar-refractivity contribution in [1.29, 1.82) is 0 Å². The van der Waals surface area contributed by atoms with E-state index in [1.807, 2.05) is 0 Å². The lowest BCUT2D eigenvalue weighted by molar-refractivity contribution is -0.113. The molecule has 0 N–H and O–H groups in total. The third-order valence-electron chi connectivity index (χ3n) is 5.32. The molecular formula is C21H27NO. The van der Waals surface area contributed by atoms with Crippen LogP contribution >= 0.6 is 0 Å². The van der Waals surface area contributed by atoms with Gasteiger partial charge in [-0.1, -0.05) is 55.8 Å². The molecule has 1 unspecified atom stereocenters. The van der Waals surface area contributed by atoms with Gasteiger partial charge in [-0.05, 0) is 61.7 Å². The van der Waals surface area contributed by atoms with Gasteiger partial charge in [0.1, 0.15) is 6.29 Å². The van der Waals surface area contributed by atoms with Gasteiger partial charge in [-0.25, -0.2) is 0 Å². The maximum Gasteiger partial charge on any atom is 0.130 e. The van der Waals surface area contributed by atoms with Crippen LogP contribution in [0.15, 0.2) is 42.5 Å². The van der Waals surface area contributed by atoms with Crippen molar-refractivity contribution in [2.45, 2.75) is 44.4 Å². The van der Waals surface area contributed by atoms with Crippen molar-refractivity contribution in [3.05, 3.63) is 48.0 Å². The molecule has 1 aliphatic heterocycles. The van der Waals surface area contributed by atoms with Gasteiger partial charge in [0.2, 0.25) is 0 Å². The average Bonchev–Trinajstić information content (AvgIpc) is 3.12. The van der Waals surface area contributed by atoms with E-state index in [9.17, 15) is 4.79 Å². The maximum atomic E-state index is 12.2. The number of rotatable bonds is 7. The summed E-state index contributed by atoms with van der Waals surface area (Å²) < 4.78 is 0. The molecule has 122 valence electrons. The molecule has 3 rings (SSSR count). The van der Waals surface area contributed by atoms with Crippen LogP contribution in [0.25, 0.3) is 10.8 Å². The number of likely N-dealkylation sites (tertiary alicyclic amines) is 1. The molecule has 0 saturated carbocycles. The van der Waals surface area contributed by atoms with E-state index in [1.54, 1.807) is 0 Å². The summed E-state index contributed by atoms with van der Waals surface area (Å²) in [6, 6.07) is 14.8. The molecule has 2 aromatic rings. The maximum absolute atomic E-state index is 12.2. The molecule has 2 aromatic carbocycles. The van der Waals surface area contributed by atoms with Gasteiger partial charge in [0.15, 0.2) is 0 Å². The Hall–Kier alpha value is -1.67. The Bertz CT molecular complexity index is 654. The molecule has 0 bridgehead atoms. The zero-order valence-corrected chi connectivity index (χ0v) is 14.1.